The van der Waals surface area contributed by atoms with Crippen LogP contribution in [0.3, 0.4) is 0 Å². The van der Waals surface area contributed by atoms with Crippen molar-refractivity contribution in [3.8, 4) is 5.75 Å². The molecule has 0 aliphatic heterocycles. The van der Waals surface area contributed by atoms with Crippen molar-refractivity contribution in [3.63, 3.8) is 0 Å². The number of hydrogen-bond acceptors (Lipinski definition) is 4. The molecular weight excluding hydrogens is 416 g/mol. The Labute approximate surface area is 194 Å². The number of benzene rings is 2. The van der Waals surface area contributed by atoms with Crippen LogP contribution in [0.4, 0.5) is 5.69 Å². The van der Waals surface area contributed by atoms with E-state index in [-0.39, 0.29) is 18.4 Å². The number of carbonyl (C=O) groups is 2. The highest BCUT2D eigenvalue weighted by atomic mass is 16.5. The van der Waals surface area contributed by atoms with Crippen molar-refractivity contribution in [1.29, 1.82) is 0 Å². The molecule has 2 amide bonds. The van der Waals surface area contributed by atoms with E-state index in [1.54, 1.807) is 44.5 Å². The van der Waals surface area contributed by atoms with Crippen molar-refractivity contribution >= 4 is 23.6 Å². The average Bonchev–Trinajstić information content (AvgIpc) is 3.06. The van der Waals surface area contributed by atoms with Crippen molar-refractivity contribution in [3.05, 3.63) is 82.7 Å². The van der Waals surface area contributed by atoms with Gasteiger partial charge in [-0.25, -0.2) is 0 Å². The average molecular weight is 447 g/mol. The predicted molar refractivity (Wildman–Crippen MR) is 130 cm³/mol. The Morgan fingerprint density at radius 2 is 1.73 bits per heavy atom. The third-order valence-electron chi connectivity index (χ3n) is 5.41. The quantitative estimate of drug-likeness (QED) is 0.531. The molecule has 0 fully saturated rings. The number of aromatic nitrogens is 2. The van der Waals surface area contributed by atoms with Gasteiger partial charge in [-0.15, -0.1) is 0 Å². The first-order valence-electron chi connectivity index (χ1n) is 10.7. The second kappa shape index (κ2) is 10.6. The Morgan fingerprint density at radius 1 is 1.06 bits per heavy atom. The highest BCUT2D eigenvalue weighted by Gasteiger charge is 2.13. The molecule has 0 aliphatic rings. The highest BCUT2D eigenvalue weighted by Crippen LogP contribution is 2.17. The van der Waals surface area contributed by atoms with Gasteiger partial charge in [0.15, 0.2) is 0 Å². The molecule has 3 rings (SSSR count). The van der Waals surface area contributed by atoms with Gasteiger partial charge in [-0.05, 0) is 56.7 Å². The van der Waals surface area contributed by atoms with Gasteiger partial charge in [0.1, 0.15) is 5.75 Å². The number of aryl methyl sites for hydroxylation is 2. The number of anilines is 1. The molecule has 0 atom stereocenters. The third kappa shape index (κ3) is 6.32. The van der Waals surface area contributed by atoms with Crippen LogP contribution in [0, 0.1) is 20.8 Å². The maximum absolute atomic E-state index is 12.6. The fraction of sp³-hybridized carbons (Fsp3) is 0.269. The van der Waals surface area contributed by atoms with E-state index >= 15 is 0 Å². The molecule has 2 aromatic carbocycles. The summed E-state index contributed by atoms with van der Waals surface area (Å²) in [5, 5.41) is 7.40. The molecule has 0 unspecified atom stereocenters. The summed E-state index contributed by atoms with van der Waals surface area (Å²) < 4.78 is 7.05. The normalized spacial score (nSPS) is 10.9. The number of nitrogens with zero attached hydrogens (tertiary/aromatic N) is 3. The molecule has 172 valence electrons. The number of nitrogens with one attached hydrogen (secondary N) is 1. The van der Waals surface area contributed by atoms with Crippen LogP contribution in [-0.4, -0.2) is 47.2 Å². The van der Waals surface area contributed by atoms with E-state index in [1.807, 2.05) is 18.5 Å². The standard InChI is InChI=1S/C26H30N4O3/c1-18-6-8-21(9-7-18)16-30-20(3)24(19(2)28-30)14-15-26(32)29(4)17-25(31)27-22-10-12-23(33-5)13-11-22/h6-15H,16-17H2,1-5H3,(H,27,31)/b15-14+. The lowest BCUT2D eigenvalue weighted by Gasteiger charge is -2.15. The molecule has 0 saturated carbocycles. The molecule has 1 aromatic heterocycles. The van der Waals surface area contributed by atoms with Gasteiger partial charge in [0, 0.05) is 30.1 Å². The fourth-order valence-electron chi connectivity index (χ4n) is 3.42. The smallest absolute Gasteiger partial charge is 0.246 e. The molecule has 7 nitrogen and oxygen atoms in total. The van der Waals surface area contributed by atoms with Crippen LogP contribution in [0.25, 0.3) is 6.08 Å². The van der Waals surface area contributed by atoms with E-state index in [1.165, 1.54) is 22.1 Å². The summed E-state index contributed by atoms with van der Waals surface area (Å²) >= 11 is 0. The summed E-state index contributed by atoms with van der Waals surface area (Å²) in [5.41, 5.74) is 5.77. The second-order valence-electron chi connectivity index (χ2n) is 8.03. The zero-order valence-electron chi connectivity index (χ0n) is 19.8. The molecule has 7 heteroatoms. The lowest BCUT2D eigenvalue weighted by atomic mass is 10.1. The molecule has 0 saturated heterocycles. The SMILES string of the molecule is COc1ccc(NC(=O)CN(C)C(=O)/C=C/c2c(C)nn(Cc3ccc(C)cc3)c2C)cc1. The lowest BCUT2D eigenvalue weighted by molar-refractivity contribution is -0.129. The monoisotopic (exact) mass is 446 g/mol. The van der Waals surface area contributed by atoms with E-state index in [9.17, 15) is 9.59 Å². The van der Waals surface area contributed by atoms with Crippen molar-refractivity contribution in [2.75, 3.05) is 26.0 Å². The number of rotatable bonds is 8. The lowest BCUT2D eigenvalue weighted by Crippen LogP contribution is -2.33. The number of hydrogen-bond donors (Lipinski definition) is 1. The van der Waals surface area contributed by atoms with E-state index in [4.69, 9.17) is 4.74 Å². The number of amides is 2. The number of ether oxygens (including phenoxy) is 1. The van der Waals surface area contributed by atoms with Gasteiger partial charge < -0.3 is 15.0 Å². The number of likely N-dealkylation sites (N-methyl/N-ethyl adjacent to an activating group) is 1. The first-order valence-corrected chi connectivity index (χ1v) is 10.7. The first kappa shape index (κ1) is 23.8. The zero-order chi connectivity index (χ0) is 24.0. The van der Waals surface area contributed by atoms with E-state index in [0.29, 0.717) is 18.0 Å². The predicted octanol–water partition coefficient (Wildman–Crippen LogP) is 3.98. The van der Waals surface area contributed by atoms with E-state index in [2.05, 4.69) is 41.6 Å². The van der Waals surface area contributed by atoms with Crippen molar-refractivity contribution < 1.29 is 14.3 Å². The first-order chi connectivity index (χ1) is 15.8. The number of methoxy groups -OCH3 is 1. The summed E-state index contributed by atoms with van der Waals surface area (Å²) in [5.74, 6) is 0.172. The fourth-order valence-corrected chi connectivity index (χ4v) is 3.42. The molecule has 0 spiro atoms. The summed E-state index contributed by atoms with van der Waals surface area (Å²) in [4.78, 5) is 26.2. The maximum atomic E-state index is 12.6. The molecule has 33 heavy (non-hydrogen) atoms. The van der Waals surface area contributed by atoms with Crippen LogP contribution in [-0.2, 0) is 16.1 Å². The van der Waals surface area contributed by atoms with Crippen molar-refractivity contribution in [2.24, 2.45) is 0 Å². The summed E-state index contributed by atoms with van der Waals surface area (Å²) in [6.45, 7) is 6.59. The van der Waals surface area contributed by atoms with Gasteiger partial charge in [-0.1, -0.05) is 29.8 Å². The van der Waals surface area contributed by atoms with Gasteiger partial charge >= 0.3 is 0 Å². The van der Waals surface area contributed by atoms with Crippen LogP contribution < -0.4 is 10.1 Å². The van der Waals surface area contributed by atoms with Crippen LogP contribution >= 0.6 is 0 Å². The van der Waals surface area contributed by atoms with Gasteiger partial charge in [-0.2, -0.15) is 5.10 Å². The Bertz CT molecular complexity index is 1150. The third-order valence-corrected chi connectivity index (χ3v) is 5.41. The maximum Gasteiger partial charge on any atom is 0.246 e. The van der Waals surface area contributed by atoms with Crippen molar-refractivity contribution in [2.45, 2.75) is 27.3 Å². The zero-order valence-corrected chi connectivity index (χ0v) is 19.8. The summed E-state index contributed by atoms with van der Waals surface area (Å²) in [6.07, 6.45) is 3.25. The number of carbonyl (C=O) groups excluding carboxylic acids is 2. The van der Waals surface area contributed by atoms with Crippen LogP contribution in [0.15, 0.2) is 54.6 Å². The van der Waals surface area contributed by atoms with Gasteiger partial charge in [-0.3, -0.25) is 14.3 Å². The van der Waals surface area contributed by atoms with Crippen LogP contribution in [0.2, 0.25) is 0 Å². The van der Waals surface area contributed by atoms with E-state index < -0.39 is 0 Å². The van der Waals surface area contributed by atoms with Gasteiger partial charge in [0.05, 0.1) is 25.9 Å². The molecule has 0 bridgehead atoms. The summed E-state index contributed by atoms with van der Waals surface area (Å²) in [6, 6.07) is 15.4. The Kier molecular flexibility index (Phi) is 7.66. The second-order valence-corrected chi connectivity index (χ2v) is 8.03. The van der Waals surface area contributed by atoms with Crippen LogP contribution in [0.5, 0.6) is 5.75 Å². The Morgan fingerprint density at radius 3 is 2.36 bits per heavy atom. The van der Waals surface area contributed by atoms with Gasteiger partial charge in [0.25, 0.3) is 0 Å². The minimum Gasteiger partial charge on any atom is -0.497 e. The molecular formula is C26H30N4O3. The molecule has 3 aromatic rings. The Hall–Kier alpha value is -3.87. The molecule has 0 radical (unpaired) electrons. The summed E-state index contributed by atoms with van der Waals surface area (Å²) in [7, 11) is 3.18. The highest BCUT2D eigenvalue weighted by molar-refractivity contribution is 5.98. The molecule has 1 heterocycles. The minimum absolute atomic E-state index is 0.0557. The topological polar surface area (TPSA) is 76.5 Å². The molecule has 1 N–H and O–H groups in total. The van der Waals surface area contributed by atoms with Crippen LogP contribution in [0.1, 0.15) is 28.1 Å². The molecule has 0 aliphatic carbocycles. The minimum atomic E-state index is -0.275. The largest absolute Gasteiger partial charge is 0.497 e. The Balaban J connectivity index is 1.60. The van der Waals surface area contributed by atoms with E-state index in [0.717, 1.165) is 17.0 Å². The van der Waals surface area contributed by atoms with Crippen molar-refractivity contribution in [1.82, 2.24) is 14.7 Å². The van der Waals surface area contributed by atoms with Gasteiger partial charge in [0.2, 0.25) is 11.8 Å².